The van der Waals surface area contributed by atoms with E-state index in [2.05, 4.69) is 30.4 Å². The Kier molecular flexibility index (Phi) is 5.60. The highest BCUT2D eigenvalue weighted by Crippen LogP contribution is 2.29. The quantitative estimate of drug-likeness (QED) is 0.721. The Morgan fingerprint density at radius 1 is 1.43 bits per heavy atom. The van der Waals surface area contributed by atoms with Crippen LogP contribution in [-0.4, -0.2) is 33.1 Å². The lowest BCUT2D eigenvalue weighted by molar-refractivity contribution is -0.142. The first kappa shape index (κ1) is 17.7. The SMILES string of the molecule is COC(=O)COc1ccc(S(=O)(=O)Nc2ncc(C)s2)cc1Br. The molecule has 7 nitrogen and oxygen atoms in total. The van der Waals surface area contributed by atoms with Gasteiger partial charge in [0.1, 0.15) is 5.75 Å². The number of methoxy groups -OCH3 is 1. The standard InChI is InChI=1S/C13H13BrN2O5S2/c1-8-6-15-13(22-8)16-23(18,19)9-3-4-11(10(14)5-9)21-7-12(17)20-2/h3-6H,7H2,1-2H3,(H,15,16). The van der Waals surface area contributed by atoms with Crippen molar-refractivity contribution < 1.29 is 22.7 Å². The number of ether oxygens (including phenoxy) is 2. The van der Waals surface area contributed by atoms with E-state index in [1.165, 1.54) is 36.6 Å². The van der Waals surface area contributed by atoms with Gasteiger partial charge in [0.25, 0.3) is 10.0 Å². The van der Waals surface area contributed by atoms with Crippen molar-refractivity contribution in [2.45, 2.75) is 11.8 Å². The number of rotatable bonds is 6. The number of carbonyl (C=O) groups is 1. The molecule has 0 bridgehead atoms. The minimum atomic E-state index is -3.75. The molecule has 1 N–H and O–H groups in total. The van der Waals surface area contributed by atoms with Gasteiger partial charge in [-0.05, 0) is 41.1 Å². The fourth-order valence-electron chi connectivity index (χ4n) is 1.54. The van der Waals surface area contributed by atoms with Crippen LogP contribution in [0.2, 0.25) is 0 Å². The van der Waals surface area contributed by atoms with Crippen molar-refractivity contribution >= 4 is 48.4 Å². The van der Waals surface area contributed by atoms with E-state index in [0.29, 0.717) is 15.4 Å². The zero-order chi connectivity index (χ0) is 17.0. The van der Waals surface area contributed by atoms with Gasteiger partial charge in [-0.3, -0.25) is 4.72 Å². The number of nitrogens with zero attached hydrogens (tertiary/aromatic N) is 1. The van der Waals surface area contributed by atoms with Gasteiger partial charge in [-0.1, -0.05) is 0 Å². The molecule has 0 atom stereocenters. The third-order valence-corrected chi connectivity index (χ3v) is 5.54. The van der Waals surface area contributed by atoms with Crippen LogP contribution in [0.4, 0.5) is 5.13 Å². The molecule has 0 radical (unpaired) electrons. The Bertz CT molecular complexity index is 820. The molecule has 0 aliphatic heterocycles. The molecule has 0 saturated carbocycles. The first-order chi connectivity index (χ1) is 10.8. The lowest BCUT2D eigenvalue weighted by Crippen LogP contribution is -2.14. The van der Waals surface area contributed by atoms with Gasteiger partial charge in [0, 0.05) is 11.1 Å². The number of anilines is 1. The summed E-state index contributed by atoms with van der Waals surface area (Å²) in [6, 6.07) is 4.21. The van der Waals surface area contributed by atoms with Crippen LogP contribution in [0.3, 0.4) is 0 Å². The highest BCUT2D eigenvalue weighted by Gasteiger charge is 2.18. The Morgan fingerprint density at radius 3 is 2.74 bits per heavy atom. The summed E-state index contributed by atoms with van der Waals surface area (Å²) in [5.74, 6) is -0.200. The molecule has 10 heteroatoms. The van der Waals surface area contributed by atoms with E-state index in [1.54, 1.807) is 6.20 Å². The maximum atomic E-state index is 12.3. The van der Waals surface area contributed by atoms with E-state index in [4.69, 9.17) is 4.74 Å². The van der Waals surface area contributed by atoms with Crippen molar-refractivity contribution in [2.75, 3.05) is 18.4 Å². The first-order valence-electron chi connectivity index (χ1n) is 6.26. The topological polar surface area (TPSA) is 94.6 Å². The molecular weight excluding hydrogens is 408 g/mol. The van der Waals surface area contributed by atoms with Crippen LogP contribution in [0.1, 0.15) is 4.88 Å². The van der Waals surface area contributed by atoms with Crippen molar-refractivity contribution in [1.29, 1.82) is 0 Å². The van der Waals surface area contributed by atoms with Gasteiger partial charge in [-0.15, -0.1) is 11.3 Å². The van der Waals surface area contributed by atoms with Gasteiger partial charge in [0.2, 0.25) is 0 Å². The number of halogens is 1. The largest absolute Gasteiger partial charge is 0.481 e. The van der Waals surface area contributed by atoms with Crippen LogP contribution in [-0.2, 0) is 19.6 Å². The number of esters is 1. The Labute approximate surface area is 145 Å². The van der Waals surface area contributed by atoms with Gasteiger partial charge >= 0.3 is 5.97 Å². The molecule has 0 unspecified atom stereocenters. The van der Waals surface area contributed by atoms with E-state index in [1.807, 2.05) is 6.92 Å². The van der Waals surface area contributed by atoms with Crippen LogP contribution >= 0.6 is 27.3 Å². The third kappa shape index (κ3) is 4.66. The van der Waals surface area contributed by atoms with E-state index in [9.17, 15) is 13.2 Å². The molecule has 23 heavy (non-hydrogen) atoms. The summed E-state index contributed by atoms with van der Waals surface area (Å²) in [6.07, 6.45) is 1.59. The molecular formula is C13H13BrN2O5S2. The summed E-state index contributed by atoms with van der Waals surface area (Å²) >= 11 is 4.46. The molecule has 0 aliphatic carbocycles. The Morgan fingerprint density at radius 2 is 2.17 bits per heavy atom. The number of sulfonamides is 1. The third-order valence-electron chi connectivity index (χ3n) is 2.63. The maximum absolute atomic E-state index is 12.3. The van der Waals surface area contributed by atoms with Crippen LogP contribution in [0, 0.1) is 6.92 Å². The van der Waals surface area contributed by atoms with Crippen LogP contribution < -0.4 is 9.46 Å². The second-order valence-electron chi connectivity index (χ2n) is 4.34. The van der Waals surface area contributed by atoms with Gasteiger partial charge < -0.3 is 9.47 Å². The number of hydrogen-bond donors (Lipinski definition) is 1. The van der Waals surface area contributed by atoms with Crippen molar-refractivity contribution in [3.63, 3.8) is 0 Å². The summed E-state index contributed by atoms with van der Waals surface area (Å²) in [6.45, 7) is 1.57. The fourth-order valence-corrected chi connectivity index (χ4v) is 4.11. The Balaban J connectivity index is 2.16. The smallest absolute Gasteiger partial charge is 0.343 e. The zero-order valence-electron chi connectivity index (χ0n) is 12.2. The van der Waals surface area contributed by atoms with Gasteiger partial charge in [0.15, 0.2) is 11.7 Å². The summed E-state index contributed by atoms with van der Waals surface area (Å²) in [7, 11) is -2.50. The number of hydrogen-bond acceptors (Lipinski definition) is 7. The van der Waals surface area contributed by atoms with Crippen LogP contribution in [0.5, 0.6) is 5.75 Å². The highest BCUT2D eigenvalue weighted by atomic mass is 79.9. The van der Waals surface area contributed by atoms with E-state index >= 15 is 0 Å². The highest BCUT2D eigenvalue weighted by molar-refractivity contribution is 9.10. The van der Waals surface area contributed by atoms with Crippen molar-refractivity contribution in [3.8, 4) is 5.75 Å². The molecule has 2 aromatic rings. The van der Waals surface area contributed by atoms with E-state index < -0.39 is 16.0 Å². The predicted molar refractivity (Wildman–Crippen MR) is 89.3 cm³/mol. The predicted octanol–water partition coefficient (Wildman–Crippen LogP) is 2.57. The number of thiazole rings is 1. The molecule has 1 aromatic carbocycles. The second kappa shape index (κ2) is 7.28. The van der Waals surface area contributed by atoms with Crippen LogP contribution in [0.15, 0.2) is 33.8 Å². The average Bonchev–Trinajstić information content (AvgIpc) is 2.89. The summed E-state index contributed by atoms with van der Waals surface area (Å²) in [5.41, 5.74) is 0. The molecule has 1 aromatic heterocycles. The van der Waals surface area contributed by atoms with Gasteiger partial charge in [0.05, 0.1) is 16.5 Å². The Hall–Kier alpha value is -1.65. The lowest BCUT2D eigenvalue weighted by Gasteiger charge is -2.09. The van der Waals surface area contributed by atoms with Gasteiger partial charge in [-0.25, -0.2) is 18.2 Å². The number of carbonyl (C=O) groups excluding carboxylic acids is 1. The fraction of sp³-hybridized carbons (Fsp3) is 0.231. The molecule has 1 heterocycles. The number of aromatic nitrogens is 1. The summed E-state index contributed by atoms with van der Waals surface area (Å²) in [4.78, 5) is 16.0. The summed E-state index contributed by atoms with van der Waals surface area (Å²) < 4.78 is 37.1. The molecule has 0 spiro atoms. The molecule has 0 aliphatic rings. The molecule has 0 amide bonds. The zero-order valence-corrected chi connectivity index (χ0v) is 15.4. The van der Waals surface area contributed by atoms with Gasteiger partial charge in [-0.2, -0.15) is 0 Å². The molecule has 2 rings (SSSR count). The minimum Gasteiger partial charge on any atom is -0.481 e. The van der Waals surface area contributed by atoms with Crippen molar-refractivity contribution in [2.24, 2.45) is 0 Å². The second-order valence-corrected chi connectivity index (χ2v) is 8.11. The lowest BCUT2D eigenvalue weighted by atomic mass is 10.3. The number of aryl methyl sites for hydroxylation is 1. The van der Waals surface area contributed by atoms with E-state index in [-0.39, 0.29) is 11.5 Å². The maximum Gasteiger partial charge on any atom is 0.343 e. The average molecular weight is 421 g/mol. The molecule has 124 valence electrons. The minimum absolute atomic E-state index is 0.0441. The normalized spacial score (nSPS) is 11.1. The number of nitrogens with one attached hydrogen (secondary N) is 1. The van der Waals surface area contributed by atoms with Crippen molar-refractivity contribution in [1.82, 2.24) is 4.98 Å². The van der Waals surface area contributed by atoms with Crippen molar-refractivity contribution in [3.05, 3.63) is 33.7 Å². The summed E-state index contributed by atoms with van der Waals surface area (Å²) in [5, 5.41) is 0.296. The van der Waals surface area contributed by atoms with Crippen LogP contribution in [0.25, 0.3) is 0 Å². The first-order valence-corrected chi connectivity index (χ1v) is 9.35. The molecule has 0 fully saturated rings. The number of benzene rings is 1. The van der Waals surface area contributed by atoms with E-state index in [0.717, 1.165) is 4.88 Å². The monoisotopic (exact) mass is 420 g/mol. The molecule has 0 saturated heterocycles.